The average molecular weight is 477 g/mol. The molecule has 0 aromatic heterocycles. The van der Waals surface area contributed by atoms with Crippen LogP contribution in [0.3, 0.4) is 0 Å². The standard InChI is InChI=1S/C28H32N2O5/c1-27-16-28(17-27,25(32)33)30(18-27)24(31)13-3-2-8-14-29-26(34)35-15-23-21-11-6-4-9-19(21)20-10-5-7-12-22(20)23/h4-7,9-12,23H,2-3,8,13-18H2,1H3,(H,29,34)(H,32,33). The van der Waals surface area contributed by atoms with E-state index in [4.69, 9.17) is 4.74 Å². The zero-order valence-corrected chi connectivity index (χ0v) is 20.1. The number of fused-ring (bicyclic) bond motifs is 4. The summed E-state index contributed by atoms with van der Waals surface area (Å²) in [6, 6.07) is 16.5. The number of nitrogens with one attached hydrogen (secondary N) is 1. The summed E-state index contributed by atoms with van der Waals surface area (Å²) in [5.41, 5.74) is 3.74. The molecule has 2 N–H and O–H groups in total. The van der Waals surface area contributed by atoms with E-state index in [1.807, 2.05) is 24.3 Å². The summed E-state index contributed by atoms with van der Waals surface area (Å²) in [4.78, 5) is 38.2. The van der Waals surface area contributed by atoms with Crippen LogP contribution >= 0.6 is 0 Å². The predicted molar refractivity (Wildman–Crippen MR) is 131 cm³/mol. The van der Waals surface area contributed by atoms with Gasteiger partial charge < -0.3 is 20.1 Å². The maximum Gasteiger partial charge on any atom is 0.407 e. The molecule has 184 valence electrons. The Kier molecular flexibility index (Phi) is 6.03. The van der Waals surface area contributed by atoms with Crippen LogP contribution in [-0.2, 0) is 14.3 Å². The summed E-state index contributed by atoms with van der Waals surface area (Å²) in [6.45, 7) is 3.36. The van der Waals surface area contributed by atoms with Crippen LogP contribution in [0.5, 0.6) is 0 Å². The molecule has 2 aromatic rings. The number of amides is 2. The minimum atomic E-state index is -0.975. The van der Waals surface area contributed by atoms with E-state index in [9.17, 15) is 19.5 Å². The summed E-state index contributed by atoms with van der Waals surface area (Å²) < 4.78 is 5.54. The Hall–Kier alpha value is -3.35. The maximum atomic E-state index is 12.6. The van der Waals surface area contributed by atoms with Gasteiger partial charge in [0.15, 0.2) is 0 Å². The number of carbonyl (C=O) groups excluding carboxylic acids is 2. The van der Waals surface area contributed by atoms with Crippen LogP contribution in [0.25, 0.3) is 11.1 Å². The van der Waals surface area contributed by atoms with Crippen LogP contribution in [0.4, 0.5) is 4.79 Å². The number of hydrogen-bond acceptors (Lipinski definition) is 4. The first-order valence-corrected chi connectivity index (χ1v) is 12.5. The normalized spacial score (nSPS) is 23.9. The number of carbonyl (C=O) groups is 3. The summed E-state index contributed by atoms with van der Waals surface area (Å²) in [5.74, 6) is -0.918. The summed E-state index contributed by atoms with van der Waals surface area (Å²) in [7, 11) is 0. The number of unbranched alkanes of at least 4 members (excludes halogenated alkanes) is 2. The van der Waals surface area contributed by atoms with Crippen LogP contribution in [-0.4, -0.2) is 53.2 Å². The topological polar surface area (TPSA) is 95.9 Å². The Morgan fingerprint density at radius 3 is 2.26 bits per heavy atom. The fourth-order valence-corrected chi connectivity index (χ4v) is 6.34. The molecule has 0 radical (unpaired) electrons. The zero-order valence-electron chi connectivity index (χ0n) is 20.1. The minimum Gasteiger partial charge on any atom is -0.479 e. The lowest BCUT2D eigenvalue weighted by molar-refractivity contribution is -0.160. The van der Waals surface area contributed by atoms with Gasteiger partial charge in [-0.05, 0) is 53.4 Å². The van der Waals surface area contributed by atoms with Crippen LogP contribution in [0.1, 0.15) is 62.5 Å². The van der Waals surface area contributed by atoms with Crippen LogP contribution in [0.15, 0.2) is 48.5 Å². The predicted octanol–water partition coefficient (Wildman–Crippen LogP) is 4.55. The Balaban J connectivity index is 1.02. The molecule has 2 amide bonds. The fraction of sp³-hybridized carbons (Fsp3) is 0.464. The minimum absolute atomic E-state index is 0.0344. The van der Waals surface area contributed by atoms with E-state index in [1.165, 1.54) is 22.3 Å². The Morgan fingerprint density at radius 1 is 1.00 bits per heavy atom. The molecule has 2 aromatic carbocycles. The van der Waals surface area contributed by atoms with Crippen molar-refractivity contribution in [1.29, 1.82) is 0 Å². The number of aliphatic carboxylic acids is 1. The molecule has 2 heterocycles. The first-order chi connectivity index (χ1) is 16.8. The number of hydrogen-bond donors (Lipinski definition) is 2. The van der Waals surface area contributed by atoms with Gasteiger partial charge in [-0.25, -0.2) is 9.59 Å². The van der Waals surface area contributed by atoms with Gasteiger partial charge in [0, 0.05) is 25.4 Å². The molecule has 2 saturated heterocycles. The van der Waals surface area contributed by atoms with Gasteiger partial charge in [-0.1, -0.05) is 61.9 Å². The number of carboxylic acids is 1. The van der Waals surface area contributed by atoms with Crippen LogP contribution in [0, 0.1) is 5.41 Å². The Bertz CT molecular complexity index is 1110. The number of benzene rings is 2. The molecular formula is C28H32N2O5. The highest BCUT2D eigenvalue weighted by molar-refractivity contribution is 5.90. The van der Waals surface area contributed by atoms with Crippen molar-refractivity contribution in [3.05, 3.63) is 59.7 Å². The second-order valence-electron chi connectivity index (χ2n) is 10.5. The molecule has 7 nitrogen and oxygen atoms in total. The van der Waals surface area contributed by atoms with Gasteiger partial charge in [-0.15, -0.1) is 0 Å². The van der Waals surface area contributed by atoms with Crippen molar-refractivity contribution >= 4 is 18.0 Å². The molecule has 0 unspecified atom stereocenters. The molecular weight excluding hydrogens is 444 g/mol. The molecule has 35 heavy (non-hydrogen) atoms. The molecule has 6 rings (SSSR count). The van der Waals surface area contributed by atoms with E-state index in [0.29, 0.717) is 38.8 Å². The second kappa shape index (κ2) is 9.02. The highest BCUT2D eigenvalue weighted by Gasteiger charge is 2.68. The molecule has 0 spiro atoms. The quantitative estimate of drug-likeness (QED) is 0.518. The monoisotopic (exact) mass is 476 g/mol. The van der Waals surface area contributed by atoms with Crippen molar-refractivity contribution in [3.8, 4) is 11.1 Å². The van der Waals surface area contributed by atoms with E-state index in [0.717, 1.165) is 12.8 Å². The van der Waals surface area contributed by atoms with Gasteiger partial charge in [0.25, 0.3) is 0 Å². The van der Waals surface area contributed by atoms with Crippen LogP contribution < -0.4 is 5.32 Å². The highest BCUT2D eigenvalue weighted by Crippen LogP contribution is 2.59. The van der Waals surface area contributed by atoms with Crippen molar-refractivity contribution in [2.75, 3.05) is 19.7 Å². The molecule has 2 aliphatic carbocycles. The molecule has 1 saturated carbocycles. The van der Waals surface area contributed by atoms with E-state index < -0.39 is 17.6 Å². The number of nitrogens with zero attached hydrogens (tertiary/aromatic N) is 1. The number of rotatable bonds is 9. The van der Waals surface area contributed by atoms with E-state index >= 15 is 0 Å². The van der Waals surface area contributed by atoms with Crippen molar-refractivity contribution in [2.45, 2.75) is 56.9 Å². The SMILES string of the molecule is CC12CN(C(=O)CCCCCNC(=O)OCC3c4ccccc4-c4ccccc43)C(C(=O)O)(C1)C2. The first kappa shape index (κ1) is 23.4. The molecule has 7 heteroatoms. The van der Waals surface area contributed by atoms with Crippen molar-refractivity contribution in [3.63, 3.8) is 0 Å². The Labute approximate surface area is 205 Å². The zero-order chi connectivity index (χ0) is 24.6. The smallest absolute Gasteiger partial charge is 0.407 e. The lowest BCUT2D eigenvalue weighted by Gasteiger charge is -2.42. The number of alkyl carbamates (subject to hydrolysis) is 1. The molecule has 3 fully saturated rings. The third-order valence-corrected chi connectivity index (χ3v) is 7.87. The van der Waals surface area contributed by atoms with E-state index in [1.54, 1.807) is 4.90 Å². The maximum absolute atomic E-state index is 12.6. The average Bonchev–Trinajstić information content (AvgIpc) is 3.43. The van der Waals surface area contributed by atoms with Crippen molar-refractivity contribution in [2.24, 2.45) is 5.41 Å². The van der Waals surface area contributed by atoms with Gasteiger partial charge in [0.05, 0.1) is 0 Å². The fourth-order valence-electron chi connectivity index (χ4n) is 6.34. The molecule has 0 atom stereocenters. The van der Waals surface area contributed by atoms with Gasteiger partial charge in [0.2, 0.25) is 5.91 Å². The largest absolute Gasteiger partial charge is 0.479 e. The van der Waals surface area contributed by atoms with Crippen LogP contribution in [0.2, 0.25) is 0 Å². The van der Waals surface area contributed by atoms with Gasteiger partial charge in [-0.3, -0.25) is 4.79 Å². The van der Waals surface area contributed by atoms with Crippen molar-refractivity contribution < 1.29 is 24.2 Å². The first-order valence-electron chi connectivity index (χ1n) is 12.5. The van der Waals surface area contributed by atoms with Gasteiger partial charge in [0.1, 0.15) is 12.1 Å². The summed E-state index contributed by atoms with van der Waals surface area (Å²) >= 11 is 0. The van der Waals surface area contributed by atoms with Crippen molar-refractivity contribution in [1.82, 2.24) is 10.2 Å². The van der Waals surface area contributed by atoms with Gasteiger partial charge >= 0.3 is 12.1 Å². The number of carboxylic acid groups (broad SMARTS) is 1. The molecule has 4 aliphatic rings. The molecule has 2 bridgehead atoms. The summed E-state index contributed by atoms with van der Waals surface area (Å²) in [6.07, 6.45) is 3.22. The third-order valence-electron chi connectivity index (χ3n) is 7.87. The van der Waals surface area contributed by atoms with Gasteiger partial charge in [-0.2, -0.15) is 0 Å². The Morgan fingerprint density at radius 2 is 1.63 bits per heavy atom. The van der Waals surface area contributed by atoms with E-state index in [2.05, 4.69) is 36.5 Å². The summed E-state index contributed by atoms with van der Waals surface area (Å²) in [5, 5.41) is 12.4. The third kappa shape index (κ3) is 4.17. The molecule has 2 aliphatic heterocycles. The highest BCUT2D eigenvalue weighted by atomic mass is 16.5. The second-order valence-corrected chi connectivity index (χ2v) is 10.5. The number of ether oxygens (including phenoxy) is 1. The lowest BCUT2D eigenvalue weighted by Crippen LogP contribution is -2.56. The lowest BCUT2D eigenvalue weighted by atomic mass is 9.63. The van der Waals surface area contributed by atoms with E-state index in [-0.39, 0.29) is 23.8 Å².